The molecule has 1 fully saturated rings. The molecule has 1 N–H and O–H groups in total. The van der Waals surface area contributed by atoms with Crippen LogP contribution >= 0.6 is 0 Å². The second kappa shape index (κ2) is 7.14. The van der Waals surface area contributed by atoms with Gasteiger partial charge in [0.2, 0.25) is 0 Å². The summed E-state index contributed by atoms with van der Waals surface area (Å²) in [7, 11) is 0. The second-order valence-corrected chi connectivity index (χ2v) is 6.42. The van der Waals surface area contributed by atoms with Crippen molar-refractivity contribution in [3.8, 4) is 11.3 Å². The Morgan fingerprint density at radius 3 is 2.52 bits per heavy atom. The van der Waals surface area contributed by atoms with Crippen molar-refractivity contribution >= 4 is 12.0 Å². The minimum atomic E-state index is -0.243. The number of benzene rings is 1. The highest BCUT2D eigenvalue weighted by molar-refractivity contribution is 5.72. The zero-order chi connectivity index (χ0) is 17.1. The first-order valence-electron chi connectivity index (χ1n) is 8.60. The van der Waals surface area contributed by atoms with Crippen molar-refractivity contribution in [3.05, 3.63) is 42.5 Å². The largest absolute Gasteiger partial charge is 0.352 e. The number of piperazine rings is 1. The summed E-state index contributed by atoms with van der Waals surface area (Å²) in [6, 6.07) is 6.43. The summed E-state index contributed by atoms with van der Waals surface area (Å²) in [6.45, 7) is 5.76. The van der Waals surface area contributed by atoms with E-state index in [1.807, 2.05) is 6.21 Å². The molecular formula is C18H21FN6. The third-order valence-corrected chi connectivity index (χ3v) is 4.69. The van der Waals surface area contributed by atoms with Gasteiger partial charge in [-0.15, -0.1) is 0 Å². The normalized spacial score (nSPS) is 20.7. The summed E-state index contributed by atoms with van der Waals surface area (Å²) < 4.78 is 13.2. The van der Waals surface area contributed by atoms with E-state index in [2.05, 4.69) is 30.3 Å². The molecule has 0 saturated carbocycles. The van der Waals surface area contributed by atoms with E-state index < -0.39 is 0 Å². The minimum absolute atomic E-state index is 0.243. The number of nitrogens with zero attached hydrogens (tertiary/aromatic N) is 5. The van der Waals surface area contributed by atoms with E-state index in [1.165, 1.54) is 12.1 Å². The molecular weight excluding hydrogens is 319 g/mol. The van der Waals surface area contributed by atoms with Gasteiger partial charge >= 0.3 is 0 Å². The van der Waals surface area contributed by atoms with E-state index in [0.717, 1.165) is 56.3 Å². The van der Waals surface area contributed by atoms with Gasteiger partial charge in [-0.3, -0.25) is 9.88 Å². The molecule has 0 radical (unpaired) electrons. The summed E-state index contributed by atoms with van der Waals surface area (Å²) in [6.07, 6.45) is 5.40. The third kappa shape index (κ3) is 3.61. The second-order valence-electron chi connectivity index (χ2n) is 6.42. The van der Waals surface area contributed by atoms with Gasteiger partial charge in [0.05, 0.1) is 0 Å². The van der Waals surface area contributed by atoms with Gasteiger partial charge in [-0.1, -0.05) is 0 Å². The van der Waals surface area contributed by atoms with E-state index in [4.69, 9.17) is 0 Å². The number of hydrogen-bond acceptors (Lipinski definition) is 6. The highest BCUT2D eigenvalue weighted by Gasteiger charge is 2.23. The lowest BCUT2D eigenvalue weighted by atomic mass is 10.1. The Bertz CT molecular complexity index is 739. The van der Waals surface area contributed by atoms with Crippen LogP contribution in [-0.4, -0.2) is 60.4 Å². The lowest BCUT2D eigenvalue weighted by Crippen LogP contribution is -2.48. The summed E-state index contributed by atoms with van der Waals surface area (Å²) in [5, 5.41) is 4.09. The molecule has 3 heterocycles. The summed E-state index contributed by atoms with van der Waals surface area (Å²) in [4.78, 5) is 13.8. The van der Waals surface area contributed by atoms with Crippen molar-refractivity contribution < 1.29 is 4.39 Å². The Kier molecular flexibility index (Phi) is 4.56. The monoisotopic (exact) mass is 340 g/mol. The fraction of sp³-hybridized carbons (Fsp3) is 0.389. The number of aromatic nitrogens is 2. The van der Waals surface area contributed by atoms with Crippen LogP contribution in [0.3, 0.4) is 0 Å². The maximum atomic E-state index is 13.2. The van der Waals surface area contributed by atoms with Crippen LogP contribution in [-0.2, 0) is 0 Å². The van der Waals surface area contributed by atoms with Crippen LogP contribution in [0.1, 0.15) is 0 Å². The van der Waals surface area contributed by atoms with Gasteiger partial charge in [0, 0.05) is 69.4 Å². The van der Waals surface area contributed by atoms with Crippen molar-refractivity contribution in [3.63, 3.8) is 0 Å². The molecule has 1 atom stereocenters. The predicted molar refractivity (Wildman–Crippen MR) is 96.1 cm³/mol. The van der Waals surface area contributed by atoms with Crippen molar-refractivity contribution in [2.24, 2.45) is 11.0 Å². The van der Waals surface area contributed by atoms with E-state index in [-0.39, 0.29) is 5.82 Å². The van der Waals surface area contributed by atoms with Crippen LogP contribution in [0, 0.1) is 11.7 Å². The van der Waals surface area contributed by atoms with Crippen LogP contribution in [0.25, 0.3) is 11.3 Å². The number of hydrazone groups is 1. The van der Waals surface area contributed by atoms with Gasteiger partial charge < -0.3 is 10.3 Å². The number of halogens is 1. The van der Waals surface area contributed by atoms with Crippen LogP contribution in [0.5, 0.6) is 0 Å². The Morgan fingerprint density at radius 1 is 1.04 bits per heavy atom. The minimum Gasteiger partial charge on any atom is -0.352 e. The molecule has 1 aromatic carbocycles. The highest BCUT2D eigenvalue weighted by atomic mass is 19.1. The van der Waals surface area contributed by atoms with Gasteiger partial charge in [-0.05, 0) is 24.3 Å². The molecule has 1 saturated heterocycles. The molecule has 0 amide bonds. The average Bonchev–Trinajstić information content (AvgIpc) is 3.16. The first-order valence-corrected chi connectivity index (χ1v) is 8.60. The van der Waals surface area contributed by atoms with Crippen LogP contribution in [0.4, 0.5) is 10.2 Å². The standard InChI is InChI=1S/C18H21FN6/c19-16-3-1-15(2-4-16)17-18(21-6-5-20-17)25-9-7-24(8-10-25)13-14-11-22-23-12-14/h1-6,11,14,23H,7-10,12-13H2. The molecule has 2 aromatic rings. The molecule has 0 aliphatic carbocycles. The molecule has 6 nitrogen and oxygen atoms in total. The molecule has 2 aliphatic heterocycles. The summed E-state index contributed by atoms with van der Waals surface area (Å²) in [5.74, 6) is 1.13. The number of nitrogens with one attached hydrogen (secondary N) is 1. The Morgan fingerprint density at radius 2 is 1.80 bits per heavy atom. The van der Waals surface area contributed by atoms with E-state index in [0.29, 0.717) is 5.92 Å². The van der Waals surface area contributed by atoms with Crippen molar-refractivity contribution in [2.45, 2.75) is 0 Å². The van der Waals surface area contributed by atoms with Crippen LogP contribution in [0.2, 0.25) is 0 Å². The topological polar surface area (TPSA) is 56.7 Å². The number of anilines is 1. The SMILES string of the molecule is Fc1ccc(-c2nccnc2N2CCN(CC3C=NNC3)CC2)cc1. The predicted octanol–water partition coefficient (Wildman–Crippen LogP) is 1.61. The van der Waals surface area contributed by atoms with Gasteiger partial charge in [-0.25, -0.2) is 9.37 Å². The summed E-state index contributed by atoms with van der Waals surface area (Å²) in [5.41, 5.74) is 4.71. The van der Waals surface area contributed by atoms with Crippen molar-refractivity contribution in [1.29, 1.82) is 0 Å². The Labute approximate surface area is 146 Å². The quantitative estimate of drug-likeness (QED) is 0.916. The van der Waals surface area contributed by atoms with E-state index in [1.54, 1.807) is 24.5 Å². The molecule has 0 spiro atoms. The Balaban J connectivity index is 1.46. The lowest BCUT2D eigenvalue weighted by Gasteiger charge is -2.36. The van der Waals surface area contributed by atoms with Crippen molar-refractivity contribution in [1.82, 2.24) is 20.3 Å². The molecule has 1 unspecified atom stereocenters. The molecule has 25 heavy (non-hydrogen) atoms. The molecule has 130 valence electrons. The average molecular weight is 340 g/mol. The van der Waals surface area contributed by atoms with Crippen LogP contribution in [0.15, 0.2) is 41.8 Å². The van der Waals surface area contributed by atoms with E-state index in [9.17, 15) is 4.39 Å². The third-order valence-electron chi connectivity index (χ3n) is 4.69. The van der Waals surface area contributed by atoms with Crippen LogP contribution < -0.4 is 10.3 Å². The first kappa shape index (κ1) is 16.0. The molecule has 1 aromatic heterocycles. The van der Waals surface area contributed by atoms with Gasteiger partial charge in [0.15, 0.2) is 5.82 Å². The van der Waals surface area contributed by atoms with E-state index >= 15 is 0 Å². The van der Waals surface area contributed by atoms with Gasteiger partial charge in [0.25, 0.3) is 0 Å². The Hall–Kier alpha value is -2.54. The smallest absolute Gasteiger partial charge is 0.155 e. The fourth-order valence-electron chi connectivity index (χ4n) is 3.34. The molecule has 2 aliphatic rings. The fourth-order valence-corrected chi connectivity index (χ4v) is 3.34. The maximum Gasteiger partial charge on any atom is 0.155 e. The summed E-state index contributed by atoms with van der Waals surface area (Å²) >= 11 is 0. The molecule has 4 rings (SSSR count). The maximum absolute atomic E-state index is 13.2. The highest BCUT2D eigenvalue weighted by Crippen LogP contribution is 2.27. The lowest BCUT2D eigenvalue weighted by molar-refractivity contribution is 0.242. The molecule has 7 heteroatoms. The first-order chi connectivity index (χ1) is 12.3. The zero-order valence-corrected chi connectivity index (χ0v) is 14.0. The van der Waals surface area contributed by atoms with Gasteiger partial charge in [-0.2, -0.15) is 5.10 Å². The van der Waals surface area contributed by atoms with Crippen molar-refractivity contribution in [2.75, 3.05) is 44.2 Å². The number of hydrogen-bond donors (Lipinski definition) is 1. The zero-order valence-electron chi connectivity index (χ0n) is 14.0. The number of rotatable bonds is 4. The molecule has 0 bridgehead atoms. The van der Waals surface area contributed by atoms with Gasteiger partial charge in [0.1, 0.15) is 11.5 Å².